The molecule has 0 spiro atoms. The van der Waals surface area contributed by atoms with Crippen molar-refractivity contribution in [2.45, 2.75) is 19.8 Å². The van der Waals surface area contributed by atoms with Gasteiger partial charge >= 0.3 is 0 Å². The van der Waals surface area contributed by atoms with E-state index in [1.165, 1.54) is 0 Å². The number of rotatable bonds is 2. The highest BCUT2D eigenvalue weighted by Crippen LogP contribution is 1.98. The van der Waals surface area contributed by atoms with E-state index in [2.05, 4.69) is 15.8 Å². The number of amides is 2. The van der Waals surface area contributed by atoms with Crippen LogP contribution in [-0.2, 0) is 9.59 Å². The molecular weight excluding hydrogens is 158 g/mol. The zero-order chi connectivity index (χ0) is 8.97. The van der Waals surface area contributed by atoms with E-state index in [1.54, 1.807) is 0 Å². The normalized spacial score (nSPS) is 16.4. The van der Waals surface area contributed by atoms with Crippen molar-refractivity contribution >= 4 is 17.5 Å². The molecule has 2 N–H and O–H groups in total. The second kappa shape index (κ2) is 3.85. The number of carbonyl (C=O) groups is 2. The molecule has 0 aromatic carbocycles. The predicted molar refractivity (Wildman–Crippen MR) is 43.5 cm³/mol. The van der Waals surface area contributed by atoms with Crippen molar-refractivity contribution in [3.8, 4) is 0 Å². The van der Waals surface area contributed by atoms with Gasteiger partial charge in [-0.15, -0.1) is 0 Å². The van der Waals surface area contributed by atoms with Gasteiger partial charge in [0.25, 0.3) is 5.91 Å². The third-order valence-corrected chi connectivity index (χ3v) is 1.50. The number of carbonyl (C=O) groups excluding carboxylic acids is 2. The summed E-state index contributed by atoms with van der Waals surface area (Å²) in [7, 11) is 0. The standard InChI is InChI=1S/C7H11N3O2/c1-2-8-7(12)5-3-4-6(11)10-9-5/h2-4H2,1H3,(H,8,12)(H,10,11). The first kappa shape index (κ1) is 8.70. The molecule has 1 aliphatic rings. The van der Waals surface area contributed by atoms with Gasteiger partial charge in [-0.1, -0.05) is 0 Å². The van der Waals surface area contributed by atoms with E-state index >= 15 is 0 Å². The predicted octanol–water partition coefficient (Wildman–Crippen LogP) is -0.612. The maximum absolute atomic E-state index is 11.1. The summed E-state index contributed by atoms with van der Waals surface area (Å²) in [5.74, 6) is -0.333. The van der Waals surface area contributed by atoms with Gasteiger partial charge in [-0.05, 0) is 6.92 Å². The Labute approximate surface area is 70.2 Å². The molecule has 0 unspecified atom stereocenters. The Morgan fingerprint density at radius 2 is 2.42 bits per heavy atom. The maximum atomic E-state index is 11.1. The summed E-state index contributed by atoms with van der Waals surface area (Å²) < 4.78 is 0. The highest BCUT2D eigenvalue weighted by molar-refractivity contribution is 6.39. The maximum Gasteiger partial charge on any atom is 0.267 e. The van der Waals surface area contributed by atoms with Crippen molar-refractivity contribution in [1.29, 1.82) is 0 Å². The minimum absolute atomic E-state index is 0.136. The summed E-state index contributed by atoms with van der Waals surface area (Å²) in [6.45, 7) is 2.41. The molecule has 2 amide bonds. The highest BCUT2D eigenvalue weighted by atomic mass is 16.2. The Hall–Kier alpha value is -1.39. The van der Waals surface area contributed by atoms with Crippen LogP contribution < -0.4 is 10.7 Å². The van der Waals surface area contributed by atoms with Crippen LogP contribution in [0.1, 0.15) is 19.8 Å². The van der Waals surface area contributed by atoms with Gasteiger partial charge in [-0.3, -0.25) is 9.59 Å². The van der Waals surface area contributed by atoms with Crippen molar-refractivity contribution in [2.75, 3.05) is 6.54 Å². The van der Waals surface area contributed by atoms with Crippen LogP contribution in [0, 0.1) is 0 Å². The molecule has 0 bridgehead atoms. The second-order valence-electron chi connectivity index (χ2n) is 2.45. The van der Waals surface area contributed by atoms with Crippen LogP contribution in [0.25, 0.3) is 0 Å². The van der Waals surface area contributed by atoms with Crippen molar-refractivity contribution < 1.29 is 9.59 Å². The van der Waals surface area contributed by atoms with Gasteiger partial charge in [0, 0.05) is 19.4 Å². The van der Waals surface area contributed by atoms with Crippen molar-refractivity contribution in [3.63, 3.8) is 0 Å². The Morgan fingerprint density at radius 3 is 2.92 bits per heavy atom. The molecule has 1 aliphatic heterocycles. The van der Waals surface area contributed by atoms with E-state index in [9.17, 15) is 9.59 Å². The molecule has 0 saturated heterocycles. The lowest BCUT2D eigenvalue weighted by Crippen LogP contribution is -2.36. The first-order valence-electron chi connectivity index (χ1n) is 3.87. The summed E-state index contributed by atoms with van der Waals surface area (Å²) in [4.78, 5) is 21.8. The van der Waals surface area contributed by atoms with Crippen molar-refractivity contribution in [1.82, 2.24) is 10.7 Å². The minimum atomic E-state index is -0.197. The van der Waals surface area contributed by atoms with Crippen LogP contribution in [0.4, 0.5) is 0 Å². The van der Waals surface area contributed by atoms with E-state index in [1.807, 2.05) is 6.92 Å². The van der Waals surface area contributed by atoms with Gasteiger partial charge in [-0.2, -0.15) is 5.10 Å². The molecule has 0 aromatic rings. The lowest BCUT2D eigenvalue weighted by atomic mass is 10.2. The third kappa shape index (κ3) is 2.05. The van der Waals surface area contributed by atoms with Gasteiger partial charge in [0.05, 0.1) is 0 Å². The fraction of sp³-hybridized carbons (Fsp3) is 0.571. The van der Waals surface area contributed by atoms with Gasteiger partial charge in [0.2, 0.25) is 5.91 Å². The molecule has 66 valence electrons. The number of hydrogen-bond donors (Lipinski definition) is 2. The summed E-state index contributed by atoms with van der Waals surface area (Å²) in [5.41, 5.74) is 2.66. The minimum Gasteiger partial charge on any atom is -0.351 e. The molecule has 0 aliphatic carbocycles. The number of nitrogens with one attached hydrogen (secondary N) is 2. The molecule has 1 rings (SSSR count). The second-order valence-corrected chi connectivity index (χ2v) is 2.45. The fourth-order valence-electron chi connectivity index (χ4n) is 0.900. The molecule has 0 aromatic heterocycles. The van der Waals surface area contributed by atoms with E-state index in [4.69, 9.17) is 0 Å². The Kier molecular flexibility index (Phi) is 2.79. The zero-order valence-electron chi connectivity index (χ0n) is 6.89. The molecule has 1 heterocycles. The van der Waals surface area contributed by atoms with Crippen LogP contribution >= 0.6 is 0 Å². The molecule has 0 atom stereocenters. The molecule has 0 saturated carbocycles. The summed E-state index contributed by atoms with van der Waals surface area (Å²) in [6.07, 6.45) is 0.771. The van der Waals surface area contributed by atoms with E-state index in [0.29, 0.717) is 25.1 Å². The van der Waals surface area contributed by atoms with Gasteiger partial charge in [-0.25, -0.2) is 5.43 Å². The summed E-state index contributed by atoms with van der Waals surface area (Å²) in [6, 6.07) is 0. The Morgan fingerprint density at radius 1 is 1.67 bits per heavy atom. The van der Waals surface area contributed by atoms with Gasteiger partial charge in [0.15, 0.2) is 0 Å². The fourth-order valence-corrected chi connectivity index (χ4v) is 0.900. The number of hydrazone groups is 1. The molecule has 5 nitrogen and oxygen atoms in total. The molecule has 0 radical (unpaired) electrons. The first-order valence-corrected chi connectivity index (χ1v) is 3.87. The molecular formula is C7H11N3O2. The van der Waals surface area contributed by atoms with Gasteiger partial charge < -0.3 is 5.32 Å². The Balaban J connectivity index is 2.52. The largest absolute Gasteiger partial charge is 0.351 e. The highest BCUT2D eigenvalue weighted by Gasteiger charge is 2.16. The van der Waals surface area contributed by atoms with Crippen molar-refractivity contribution in [2.24, 2.45) is 5.10 Å². The lowest BCUT2D eigenvalue weighted by molar-refractivity contribution is -0.121. The number of nitrogens with zero attached hydrogens (tertiary/aromatic N) is 1. The van der Waals surface area contributed by atoms with E-state index < -0.39 is 0 Å². The SMILES string of the molecule is CCNC(=O)C1=NNC(=O)CC1. The van der Waals surface area contributed by atoms with Crippen molar-refractivity contribution in [3.05, 3.63) is 0 Å². The molecule has 12 heavy (non-hydrogen) atoms. The monoisotopic (exact) mass is 169 g/mol. The Bertz CT molecular complexity index is 235. The summed E-state index contributed by atoms with van der Waals surface area (Å²) in [5, 5.41) is 6.24. The smallest absolute Gasteiger partial charge is 0.267 e. The molecule has 5 heteroatoms. The average Bonchev–Trinajstić information content (AvgIpc) is 2.06. The average molecular weight is 169 g/mol. The van der Waals surface area contributed by atoms with Crippen LogP contribution in [0.2, 0.25) is 0 Å². The topological polar surface area (TPSA) is 70.6 Å². The van der Waals surface area contributed by atoms with Crippen LogP contribution in [0.5, 0.6) is 0 Å². The van der Waals surface area contributed by atoms with Gasteiger partial charge in [0.1, 0.15) is 5.71 Å². The van der Waals surface area contributed by atoms with Crippen LogP contribution in [0.15, 0.2) is 5.10 Å². The lowest BCUT2D eigenvalue weighted by Gasteiger charge is -2.10. The van der Waals surface area contributed by atoms with Crippen LogP contribution in [0.3, 0.4) is 0 Å². The van der Waals surface area contributed by atoms with E-state index in [-0.39, 0.29) is 11.8 Å². The zero-order valence-corrected chi connectivity index (χ0v) is 6.89. The van der Waals surface area contributed by atoms with E-state index in [0.717, 1.165) is 0 Å². The van der Waals surface area contributed by atoms with Crippen LogP contribution in [-0.4, -0.2) is 24.1 Å². The quantitative estimate of drug-likeness (QED) is 0.578. The molecule has 0 fully saturated rings. The third-order valence-electron chi connectivity index (χ3n) is 1.50. The first-order chi connectivity index (χ1) is 5.74. The number of hydrogen-bond acceptors (Lipinski definition) is 3. The summed E-state index contributed by atoms with van der Waals surface area (Å²) >= 11 is 0.